The number of nitrogens with zero attached hydrogens (tertiary/aromatic N) is 4. The number of non-ortho nitro benzene ring substituents is 2. The van der Waals surface area contributed by atoms with Crippen molar-refractivity contribution in [2.24, 2.45) is 3.77 Å². The van der Waals surface area contributed by atoms with Crippen molar-refractivity contribution in [3.05, 3.63) is 79.9 Å². The molecule has 1 atom stereocenters. The summed E-state index contributed by atoms with van der Waals surface area (Å²) in [5.74, 6) is -0.00581. The molecule has 1 aliphatic rings. The Kier molecular flexibility index (Phi) is 6.78. The van der Waals surface area contributed by atoms with E-state index in [0.29, 0.717) is 5.57 Å². The molecule has 0 aromatic heterocycles. The van der Waals surface area contributed by atoms with E-state index >= 15 is 0 Å². The largest absolute Gasteiger partial charge is 0.289 e. The lowest BCUT2D eigenvalue weighted by molar-refractivity contribution is -0.385. The van der Waals surface area contributed by atoms with Crippen LogP contribution in [0.3, 0.4) is 0 Å². The molecule has 12 nitrogen and oxygen atoms in total. The average molecular weight is 515 g/mol. The third-order valence-electron chi connectivity index (χ3n) is 4.78. The van der Waals surface area contributed by atoms with Crippen LogP contribution >= 0.6 is 0 Å². The zero-order valence-corrected chi connectivity index (χ0v) is 19.8. The van der Waals surface area contributed by atoms with Crippen LogP contribution in [-0.4, -0.2) is 42.7 Å². The van der Waals surface area contributed by atoms with Gasteiger partial charge in [-0.25, -0.2) is 8.42 Å². The van der Waals surface area contributed by atoms with E-state index in [1.54, 1.807) is 13.8 Å². The minimum atomic E-state index is -4.46. The van der Waals surface area contributed by atoms with Crippen molar-refractivity contribution >= 4 is 42.3 Å². The van der Waals surface area contributed by atoms with Gasteiger partial charge in [0.2, 0.25) is 0 Å². The second-order valence-electron chi connectivity index (χ2n) is 7.07. The van der Waals surface area contributed by atoms with Gasteiger partial charge in [-0.1, -0.05) is 23.3 Å². The first-order valence-corrected chi connectivity index (χ1v) is 13.4. The van der Waals surface area contributed by atoms with E-state index in [1.165, 1.54) is 18.2 Å². The van der Waals surface area contributed by atoms with Crippen molar-refractivity contribution in [1.29, 1.82) is 0 Å². The fraction of sp³-hybridized carbons (Fsp3) is 0.222. The summed E-state index contributed by atoms with van der Waals surface area (Å²) in [4.78, 5) is 19.8. The number of hydrogen-bond donors (Lipinski definition) is 0. The fourth-order valence-corrected chi connectivity index (χ4v) is 8.93. The molecule has 33 heavy (non-hydrogen) atoms. The van der Waals surface area contributed by atoms with Gasteiger partial charge in [-0.15, -0.1) is 7.48 Å². The van der Waals surface area contributed by atoms with Crippen molar-refractivity contribution in [3.8, 4) is 0 Å². The minimum absolute atomic E-state index is 0.00581. The Morgan fingerprint density at radius 2 is 1.39 bits per heavy atom. The molecule has 1 aliphatic heterocycles. The highest BCUT2D eigenvalue weighted by Gasteiger charge is 2.34. The van der Waals surface area contributed by atoms with Crippen molar-refractivity contribution in [1.82, 2.24) is 3.71 Å². The smallest absolute Gasteiger partial charge is 0.258 e. The Morgan fingerprint density at radius 1 is 0.879 bits per heavy atom. The minimum Gasteiger partial charge on any atom is -0.258 e. The summed E-state index contributed by atoms with van der Waals surface area (Å²) < 4.78 is 57.2. The molecule has 3 rings (SSSR count). The van der Waals surface area contributed by atoms with Crippen molar-refractivity contribution in [3.63, 3.8) is 0 Å². The van der Waals surface area contributed by atoms with Gasteiger partial charge >= 0.3 is 0 Å². The van der Waals surface area contributed by atoms with E-state index in [0.717, 1.165) is 39.6 Å². The molecule has 2 aromatic carbocycles. The second kappa shape index (κ2) is 9.09. The predicted octanol–water partition coefficient (Wildman–Crippen LogP) is 2.95. The number of benzene rings is 2. The van der Waals surface area contributed by atoms with Gasteiger partial charge in [-0.05, 0) is 26.0 Å². The van der Waals surface area contributed by atoms with Gasteiger partial charge < -0.3 is 0 Å². The van der Waals surface area contributed by atoms with Crippen LogP contribution in [0.1, 0.15) is 13.8 Å². The molecule has 1 heterocycles. The molecular weight excluding hydrogens is 496 g/mol. The van der Waals surface area contributed by atoms with E-state index < -0.39 is 57.0 Å². The van der Waals surface area contributed by atoms with Crippen molar-refractivity contribution < 1.29 is 26.7 Å². The quantitative estimate of drug-likeness (QED) is 0.322. The van der Waals surface area contributed by atoms with Crippen LogP contribution in [0.4, 0.5) is 11.4 Å². The van der Waals surface area contributed by atoms with E-state index in [9.17, 15) is 37.1 Å². The number of sulfonamides is 2. The molecule has 1 unspecified atom stereocenters. The number of hydrogen-bond acceptors (Lipinski definition) is 8. The highest BCUT2D eigenvalue weighted by molar-refractivity contribution is 8.06. The Morgan fingerprint density at radius 3 is 1.94 bits per heavy atom. The molecule has 0 saturated carbocycles. The summed E-state index contributed by atoms with van der Waals surface area (Å²) in [6, 6.07) is 8.73. The topological polar surface area (TPSA) is 170 Å². The van der Waals surface area contributed by atoms with E-state index in [1.807, 2.05) is 0 Å². The van der Waals surface area contributed by atoms with Crippen LogP contribution in [0.5, 0.6) is 0 Å². The Balaban J connectivity index is 2.14. The lowest BCUT2D eigenvalue weighted by Gasteiger charge is -2.29. The van der Waals surface area contributed by atoms with Crippen LogP contribution in [0.15, 0.2) is 73.2 Å². The number of rotatable bonds is 6. The SMILES string of the molecule is CC1=C(C)CS(=NS(=O)(=O)c2cccc([N+](=O)[O-])c2)N(S(=O)(=O)c2cccc([N+](=O)[O-])c2)C1. The number of nitro groups is 2. The highest BCUT2D eigenvalue weighted by Crippen LogP contribution is 2.29. The molecule has 0 spiro atoms. The van der Waals surface area contributed by atoms with E-state index in [2.05, 4.69) is 3.77 Å². The maximum absolute atomic E-state index is 13.3. The zero-order valence-electron chi connectivity index (χ0n) is 17.3. The standard InChI is InChI=1S/C18H18N4O8S3/c1-13-11-20(33(29,30)18-8-4-6-16(10-18)22(25)26)31(12-14(13)2)19-32(27,28)17-7-3-5-15(9-17)21(23)24/h3-10H,11-12H2,1-2H3. The fourth-order valence-electron chi connectivity index (χ4n) is 2.84. The lowest BCUT2D eigenvalue weighted by Crippen LogP contribution is -2.39. The molecule has 15 heteroatoms. The molecular formula is C18H18N4O8S3. The molecule has 0 N–H and O–H groups in total. The third kappa shape index (κ3) is 5.16. The molecule has 0 radical (unpaired) electrons. The monoisotopic (exact) mass is 514 g/mol. The summed E-state index contributed by atoms with van der Waals surface area (Å²) in [5.41, 5.74) is 0.557. The maximum atomic E-state index is 13.3. The lowest BCUT2D eigenvalue weighted by atomic mass is 10.2. The molecule has 0 aliphatic carbocycles. The van der Waals surface area contributed by atoms with Crippen LogP contribution in [-0.2, 0) is 30.9 Å². The summed E-state index contributed by atoms with van der Waals surface area (Å²) in [6.45, 7) is 3.26. The molecule has 0 saturated heterocycles. The van der Waals surface area contributed by atoms with Crippen LogP contribution in [0.2, 0.25) is 0 Å². The van der Waals surface area contributed by atoms with Crippen LogP contribution < -0.4 is 0 Å². The summed E-state index contributed by atoms with van der Waals surface area (Å²) >= 11 is 0. The first-order chi connectivity index (χ1) is 15.3. The van der Waals surface area contributed by atoms with Gasteiger partial charge in [0.25, 0.3) is 31.4 Å². The Bertz CT molecular complexity index is 1430. The number of nitro benzene ring substituents is 2. The zero-order chi connectivity index (χ0) is 24.6. The first kappa shape index (κ1) is 24.6. The normalized spacial score (nSPS) is 17.8. The van der Waals surface area contributed by atoms with Crippen LogP contribution in [0, 0.1) is 20.2 Å². The average Bonchev–Trinajstić information content (AvgIpc) is 2.76. The molecule has 0 fully saturated rings. The highest BCUT2D eigenvalue weighted by atomic mass is 32.3. The first-order valence-electron chi connectivity index (χ1n) is 9.19. The van der Waals surface area contributed by atoms with Crippen molar-refractivity contribution in [2.75, 3.05) is 12.3 Å². The molecule has 2 aromatic rings. The summed E-state index contributed by atoms with van der Waals surface area (Å²) in [5, 5.41) is 22.1. The Hall–Kier alpha value is -3.01. The third-order valence-corrected chi connectivity index (χ3v) is 11.0. The molecule has 0 amide bonds. The molecule has 176 valence electrons. The van der Waals surface area contributed by atoms with E-state index in [-0.39, 0.29) is 17.2 Å². The van der Waals surface area contributed by atoms with E-state index in [4.69, 9.17) is 0 Å². The van der Waals surface area contributed by atoms with Crippen molar-refractivity contribution in [2.45, 2.75) is 23.6 Å². The van der Waals surface area contributed by atoms with Gasteiger partial charge in [-0.3, -0.25) is 20.2 Å². The van der Waals surface area contributed by atoms with Gasteiger partial charge in [0, 0.05) is 47.4 Å². The second-order valence-corrected chi connectivity index (χ2v) is 12.6. The van der Waals surface area contributed by atoms with Gasteiger partial charge in [0.1, 0.15) is 0 Å². The maximum Gasteiger partial charge on any atom is 0.289 e. The predicted molar refractivity (Wildman–Crippen MR) is 120 cm³/mol. The van der Waals surface area contributed by atoms with Gasteiger partial charge in [0.15, 0.2) is 0 Å². The Labute approximate surface area is 192 Å². The summed E-state index contributed by atoms with van der Waals surface area (Å²) in [6.07, 6.45) is 0. The molecule has 0 bridgehead atoms. The van der Waals surface area contributed by atoms with Gasteiger partial charge in [0.05, 0.1) is 19.6 Å². The van der Waals surface area contributed by atoms with Gasteiger partial charge in [-0.2, -0.15) is 8.42 Å². The van der Waals surface area contributed by atoms with Crippen LogP contribution in [0.25, 0.3) is 0 Å². The summed E-state index contributed by atoms with van der Waals surface area (Å²) in [7, 11) is -10.5.